The van der Waals surface area contributed by atoms with Crippen LogP contribution in [0.25, 0.3) is 16.2 Å². The van der Waals surface area contributed by atoms with Gasteiger partial charge in [-0.05, 0) is 36.1 Å². The lowest BCUT2D eigenvalue weighted by Gasteiger charge is -2.01. The first-order valence-corrected chi connectivity index (χ1v) is 6.45. The summed E-state index contributed by atoms with van der Waals surface area (Å²) in [4.78, 5) is 5.72. The average Bonchev–Trinajstić information content (AvgIpc) is 2.93. The molecule has 0 radical (unpaired) electrons. The molecule has 0 amide bonds. The SMILES string of the molecule is COc1cccn2c(N)c(-c3sccc3C)nc12. The van der Waals surface area contributed by atoms with Crippen LogP contribution in [0.15, 0.2) is 29.8 Å². The number of nitrogen functional groups attached to an aromatic ring is 1. The van der Waals surface area contributed by atoms with E-state index in [1.807, 2.05) is 28.1 Å². The van der Waals surface area contributed by atoms with Crippen LogP contribution in [0, 0.1) is 6.92 Å². The lowest BCUT2D eigenvalue weighted by atomic mass is 10.2. The van der Waals surface area contributed by atoms with E-state index in [1.54, 1.807) is 18.4 Å². The summed E-state index contributed by atoms with van der Waals surface area (Å²) in [5.41, 5.74) is 8.94. The highest BCUT2D eigenvalue weighted by atomic mass is 32.1. The molecule has 92 valence electrons. The molecule has 0 bridgehead atoms. The summed E-state index contributed by atoms with van der Waals surface area (Å²) in [7, 11) is 1.64. The number of anilines is 1. The topological polar surface area (TPSA) is 52.5 Å². The Morgan fingerprint density at radius 2 is 2.22 bits per heavy atom. The number of methoxy groups -OCH3 is 1. The van der Waals surface area contributed by atoms with E-state index in [9.17, 15) is 0 Å². The number of aromatic nitrogens is 2. The van der Waals surface area contributed by atoms with Gasteiger partial charge in [0.05, 0.1) is 12.0 Å². The zero-order valence-corrected chi connectivity index (χ0v) is 11.0. The molecule has 3 heterocycles. The number of nitrogens with two attached hydrogens (primary N) is 1. The van der Waals surface area contributed by atoms with Crippen LogP contribution < -0.4 is 10.5 Å². The fourth-order valence-electron chi connectivity index (χ4n) is 2.00. The van der Waals surface area contributed by atoms with Crippen molar-refractivity contribution in [3.05, 3.63) is 35.3 Å². The van der Waals surface area contributed by atoms with Crippen molar-refractivity contribution in [2.75, 3.05) is 12.8 Å². The summed E-state index contributed by atoms with van der Waals surface area (Å²) in [6.07, 6.45) is 1.90. The van der Waals surface area contributed by atoms with Crippen molar-refractivity contribution in [2.24, 2.45) is 0 Å². The predicted molar refractivity (Wildman–Crippen MR) is 74.2 cm³/mol. The summed E-state index contributed by atoms with van der Waals surface area (Å²) in [5.74, 6) is 1.37. The molecule has 3 aromatic heterocycles. The van der Waals surface area contributed by atoms with Gasteiger partial charge in [0.15, 0.2) is 11.4 Å². The molecule has 5 heteroatoms. The number of pyridine rings is 1. The molecule has 0 aromatic carbocycles. The quantitative estimate of drug-likeness (QED) is 0.769. The number of ether oxygens (including phenoxy) is 1. The highest BCUT2D eigenvalue weighted by Gasteiger charge is 2.16. The second kappa shape index (κ2) is 4.03. The second-order valence-corrected chi connectivity index (χ2v) is 4.96. The minimum atomic E-state index is 0.648. The smallest absolute Gasteiger partial charge is 0.181 e. The number of fused-ring (bicyclic) bond motifs is 1. The first kappa shape index (κ1) is 11.1. The second-order valence-electron chi connectivity index (χ2n) is 4.05. The van der Waals surface area contributed by atoms with E-state index in [0.717, 1.165) is 22.0 Å². The van der Waals surface area contributed by atoms with E-state index >= 15 is 0 Å². The molecular formula is C13H13N3OS. The molecule has 0 aliphatic rings. The largest absolute Gasteiger partial charge is 0.493 e. The van der Waals surface area contributed by atoms with Crippen LogP contribution in [0.4, 0.5) is 5.82 Å². The van der Waals surface area contributed by atoms with E-state index < -0.39 is 0 Å². The van der Waals surface area contributed by atoms with Crippen LogP contribution in [-0.4, -0.2) is 16.5 Å². The van der Waals surface area contributed by atoms with Crippen molar-refractivity contribution in [3.8, 4) is 16.3 Å². The fraction of sp³-hybridized carbons (Fsp3) is 0.154. The molecule has 3 rings (SSSR count). The minimum Gasteiger partial charge on any atom is -0.493 e. The van der Waals surface area contributed by atoms with E-state index in [4.69, 9.17) is 10.5 Å². The van der Waals surface area contributed by atoms with Gasteiger partial charge in [-0.1, -0.05) is 0 Å². The van der Waals surface area contributed by atoms with Crippen molar-refractivity contribution in [3.63, 3.8) is 0 Å². The summed E-state index contributed by atoms with van der Waals surface area (Å²) < 4.78 is 7.16. The number of rotatable bonds is 2. The molecular weight excluding hydrogens is 246 g/mol. The highest BCUT2D eigenvalue weighted by molar-refractivity contribution is 7.13. The first-order chi connectivity index (χ1) is 8.72. The molecule has 18 heavy (non-hydrogen) atoms. The summed E-state index contributed by atoms with van der Waals surface area (Å²) in [6.45, 7) is 2.06. The van der Waals surface area contributed by atoms with Gasteiger partial charge in [-0.15, -0.1) is 11.3 Å². The Hall–Kier alpha value is -2.01. The molecule has 0 aliphatic heterocycles. The van der Waals surface area contributed by atoms with Crippen molar-refractivity contribution in [2.45, 2.75) is 6.92 Å². The maximum atomic E-state index is 6.17. The lowest BCUT2D eigenvalue weighted by Crippen LogP contribution is -1.94. The molecule has 3 aromatic rings. The van der Waals surface area contributed by atoms with Gasteiger partial charge >= 0.3 is 0 Å². The molecule has 0 saturated carbocycles. The zero-order chi connectivity index (χ0) is 12.7. The van der Waals surface area contributed by atoms with Gasteiger partial charge in [-0.3, -0.25) is 4.40 Å². The fourth-order valence-corrected chi connectivity index (χ4v) is 2.93. The summed E-state index contributed by atoms with van der Waals surface area (Å²) in [5, 5.41) is 2.05. The third-order valence-corrected chi connectivity index (χ3v) is 3.97. The van der Waals surface area contributed by atoms with Gasteiger partial charge in [0.25, 0.3) is 0 Å². The maximum Gasteiger partial charge on any atom is 0.181 e. The van der Waals surface area contributed by atoms with Gasteiger partial charge < -0.3 is 10.5 Å². The first-order valence-electron chi connectivity index (χ1n) is 5.57. The van der Waals surface area contributed by atoms with E-state index in [1.165, 1.54) is 5.56 Å². The van der Waals surface area contributed by atoms with Crippen molar-refractivity contribution >= 4 is 22.8 Å². The number of hydrogen-bond acceptors (Lipinski definition) is 4. The van der Waals surface area contributed by atoms with Gasteiger partial charge in [0, 0.05) is 6.20 Å². The van der Waals surface area contributed by atoms with Crippen LogP contribution in [0.2, 0.25) is 0 Å². The van der Waals surface area contributed by atoms with Crippen LogP contribution in [0.1, 0.15) is 5.56 Å². The Balaban J connectivity index is 2.32. The third kappa shape index (κ3) is 1.48. The van der Waals surface area contributed by atoms with Crippen LogP contribution >= 0.6 is 11.3 Å². The molecule has 0 unspecified atom stereocenters. The monoisotopic (exact) mass is 259 g/mol. The Morgan fingerprint density at radius 3 is 2.89 bits per heavy atom. The lowest BCUT2D eigenvalue weighted by molar-refractivity contribution is 0.417. The van der Waals surface area contributed by atoms with Gasteiger partial charge in [-0.2, -0.15) is 0 Å². The van der Waals surface area contributed by atoms with E-state index in [2.05, 4.69) is 18.0 Å². The number of imidazole rings is 1. The van der Waals surface area contributed by atoms with Crippen LogP contribution in [0.3, 0.4) is 0 Å². The normalized spacial score (nSPS) is 11.0. The van der Waals surface area contributed by atoms with Crippen LogP contribution in [0.5, 0.6) is 5.75 Å². The van der Waals surface area contributed by atoms with E-state index in [-0.39, 0.29) is 0 Å². The number of aryl methyl sites for hydroxylation is 1. The Kier molecular flexibility index (Phi) is 2.48. The van der Waals surface area contributed by atoms with Crippen LogP contribution in [-0.2, 0) is 0 Å². The number of thiophene rings is 1. The van der Waals surface area contributed by atoms with Crippen molar-refractivity contribution in [1.82, 2.24) is 9.38 Å². The molecule has 0 saturated heterocycles. The number of hydrogen-bond donors (Lipinski definition) is 1. The summed E-state index contributed by atoms with van der Waals surface area (Å²) in [6, 6.07) is 5.85. The molecule has 0 spiro atoms. The molecule has 4 nitrogen and oxygen atoms in total. The predicted octanol–water partition coefficient (Wildman–Crippen LogP) is 2.96. The minimum absolute atomic E-state index is 0.648. The maximum absolute atomic E-state index is 6.17. The van der Waals surface area contributed by atoms with Crippen molar-refractivity contribution < 1.29 is 4.74 Å². The standard InChI is InChI=1S/C13H13N3OS/c1-8-5-7-18-11(8)10-12(14)16-6-3-4-9(17-2)13(16)15-10/h3-7H,14H2,1-2H3. The highest BCUT2D eigenvalue weighted by Crippen LogP contribution is 2.34. The third-order valence-electron chi connectivity index (χ3n) is 2.95. The Morgan fingerprint density at radius 1 is 1.39 bits per heavy atom. The molecule has 2 N–H and O–H groups in total. The van der Waals surface area contributed by atoms with Gasteiger partial charge in [-0.25, -0.2) is 4.98 Å². The zero-order valence-electron chi connectivity index (χ0n) is 10.2. The molecule has 0 atom stereocenters. The Labute approximate surface area is 109 Å². The van der Waals surface area contributed by atoms with Gasteiger partial charge in [0.2, 0.25) is 0 Å². The number of nitrogens with zero attached hydrogens (tertiary/aromatic N) is 2. The average molecular weight is 259 g/mol. The Bertz CT molecular complexity index is 714. The molecule has 0 aliphatic carbocycles. The van der Waals surface area contributed by atoms with Gasteiger partial charge in [0.1, 0.15) is 11.5 Å². The summed E-state index contributed by atoms with van der Waals surface area (Å²) >= 11 is 1.65. The van der Waals surface area contributed by atoms with E-state index in [0.29, 0.717) is 5.82 Å². The molecule has 0 fully saturated rings. The van der Waals surface area contributed by atoms with Crippen molar-refractivity contribution in [1.29, 1.82) is 0 Å².